The molecule has 110 valence electrons. The Kier molecular flexibility index (Phi) is 3.47. The van der Waals surface area contributed by atoms with Gasteiger partial charge in [0.2, 0.25) is 0 Å². The summed E-state index contributed by atoms with van der Waals surface area (Å²) in [6.45, 7) is 2.04. The molecule has 0 spiro atoms. The van der Waals surface area contributed by atoms with Crippen molar-refractivity contribution >= 4 is 17.4 Å². The van der Waals surface area contributed by atoms with Gasteiger partial charge in [-0.25, -0.2) is 0 Å². The number of aryl methyl sites for hydroxylation is 1. The van der Waals surface area contributed by atoms with E-state index in [1.807, 2.05) is 19.1 Å². The molecule has 3 rings (SSSR count). The van der Waals surface area contributed by atoms with Crippen LogP contribution < -0.4 is 0 Å². The van der Waals surface area contributed by atoms with Crippen LogP contribution in [-0.2, 0) is 16.1 Å². The lowest BCUT2D eigenvalue weighted by Gasteiger charge is -2.14. The second kappa shape index (κ2) is 5.44. The predicted octanol–water partition coefficient (Wildman–Crippen LogP) is 2.23. The van der Waals surface area contributed by atoms with Crippen LogP contribution in [0.2, 0.25) is 0 Å². The van der Waals surface area contributed by atoms with Gasteiger partial charge in [-0.2, -0.15) is 0 Å². The molecule has 1 aliphatic heterocycles. The first-order chi connectivity index (χ1) is 10.6. The molecule has 1 aromatic carbocycles. The fourth-order valence-corrected chi connectivity index (χ4v) is 2.36. The van der Waals surface area contributed by atoms with Crippen molar-refractivity contribution in [3.63, 3.8) is 0 Å². The molecule has 0 aliphatic carbocycles. The molecule has 1 aliphatic rings. The van der Waals surface area contributed by atoms with E-state index in [0.29, 0.717) is 5.56 Å². The smallest absolute Gasteiger partial charge is 0.296 e. The van der Waals surface area contributed by atoms with Gasteiger partial charge in [0.05, 0.1) is 12.1 Å². The molecular weight excluding hydrogens is 280 g/mol. The van der Waals surface area contributed by atoms with Gasteiger partial charge in [0.15, 0.2) is 5.76 Å². The molecule has 0 unspecified atom stereocenters. The highest BCUT2D eigenvalue weighted by Gasteiger charge is 2.39. The lowest BCUT2D eigenvalue weighted by Crippen LogP contribution is -2.31. The van der Waals surface area contributed by atoms with Crippen LogP contribution in [-0.4, -0.2) is 26.8 Å². The molecule has 0 fully saturated rings. The Morgan fingerprint density at radius 1 is 1.00 bits per heavy atom. The van der Waals surface area contributed by atoms with Crippen molar-refractivity contribution < 1.29 is 14.7 Å². The maximum absolute atomic E-state index is 12.5. The monoisotopic (exact) mass is 294 g/mol. The van der Waals surface area contributed by atoms with E-state index in [0.717, 1.165) is 16.0 Å². The third-order valence-corrected chi connectivity index (χ3v) is 3.57. The number of nitrogens with zero attached hydrogens (tertiary/aromatic N) is 2. The van der Waals surface area contributed by atoms with Crippen molar-refractivity contribution in [1.29, 1.82) is 0 Å². The van der Waals surface area contributed by atoms with E-state index in [-0.39, 0.29) is 12.1 Å². The summed E-state index contributed by atoms with van der Waals surface area (Å²) in [5.74, 6) is -1.65. The number of aliphatic hydroxyl groups is 1. The first-order valence-electron chi connectivity index (χ1n) is 6.83. The summed E-state index contributed by atoms with van der Waals surface area (Å²) < 4.78 is 0. The Hall–Kier alpha value is -2.95. The summed E-state index contributed by atoms with van der Waals surface area (Å²) >= 11 is 0. The number of hydrogen-bond acceptors (Lipinski definition) is 4. The summed E-state index contributed by atoms with van der Waals surface area (Å²) in [7, 11) is 0. The van der Waals surface area contributed by atoms with Crippen molar-refractivity contribution in [2.75, 3.05) is 0 Å². The number of aliphatic hydroxyl groups excluding tert-OH is 1. The molecule has 0 atom stereocenters. The minimum absolute atomic E-state index is 0.0547. The molecule has 0 bridgehead atoms. The van der Waals surface area contributed by atoms with Gasteiger partial charge in [0, 0.05) is 12.4 Å². The summed E-state index contributed by atoms with van der Waals surface area (Å²) in [4.78, 5) is 29.6. The third kappa shape index (κ3) is 2.37. The average molecular weight is 294 g/mol. The Labute approximate surface area is 127 Å². The zero-order valence-electron chi connectivity index (χ0n) is 12.0. The van der Waals surface area contributed by atoms with Crippen LogP contribution in [0.15, 0.2) is 54.6 Å². The third-order valence-electron chi connectivity index (χ3n) is 3.57. The van der Waals surface area contributed by atoms with Crippen LogP contribution in [0.4, 0.5) is 0 Å². The molecule has 5 nitrogen and oxygen atoms in total. The highest BCUT2D eigenvalue weighted by atomic mass is 16.3. The van der Waals surface area contributed by atoms with Crippen molar-refractivity contribution in [1.82, 2.24) is 9.88 Å². The van der Waals surface area contributed by atoms with E-state index in [4.69, 9.17) is 0 Å². The number of aromatic nitrogens is 1. The number of carbonyl (C=O) groups excluding carboxylic acids is 2. The first kappa shape index (κ1) is 14.0. The molecule has 22 heavy (non-hydrogen) atoms. The van der Waals surface area contributed by atoms with Crippen LogP contribution in [0.3, 0.4) is 0 Å². The van der Waals surface area contributed by atoms with Gasteiger partial charge < -0.3 is 5.11 Å². The molecule has 2 amide bonds. The zero-order valence-corrected chi connectivity index (χ0v) is 12.0. The van der Waals surface area contributed by atoms with Crippen LogP contribution in [0.25, 0.3) is 5.57 Å². The Balaban J connectivity index is 1.92. The normalized spacial score (nSPS) is 14.9. The lowest BCUT2D eigenvalue weighted by atomic mass is 10.0. The van der Waals surface area contributed by atoms with Gasteiger partial charge in [-0.15, -0.1) is 0 Å². The SMILES string of the molecule is Cc1ccc(C2=C(O)C(=O)N(Cc3ccncc3)C2=O)cc1. The number of hydrogen-bond donors (Lipinski definition) is 1. The maximum Gasteiger partial charge on any atom is 0.296 e. The minimum Gasteiger partial charge on any atom is -0.502 e. The van der Waals surface area contributed by atoms with Crippen molar-refractivity contribution in [3.05, 3.63) is 71.2 Å². The number of imide groups is 1. The van der Waals surface area contributed by atoms with Gasteiger partial charge in [-0.05, 0) is 30.2 Å². The highest BCUT2D eigenvalue weighted by molar-refractivity contribution is 6.34. The van der Waals surface area contributed by atoms with Crippen LogP contribution in [0, 0.1) is 6.92 Å². The number of carbonyl (C=O) groups is 2. The van der Waals surface area contributed by atoms with E-state index in [2.05, 4.69) is 4.98 Å². The molecule has 1 N–H and O–H groups in total. The largest absolute Gasteiger partial charge is 0.502 e. The van der Waals surface area contributed by atoms with Gasteiger partial charge in [0.25, 0.3) is 11.8 Å². The average Bonchev–Trinajstić information content (AvgIpc) is 2.73. The molecule has 0 radical (unpaired) electrons. The Morgan fingerprint density at radius 3 is 2.27 bits per heavy atom. The molecule has 2 heterocycles. The maximum atomic E-state index is 12.5. The topological polar surface area (TPSA) is 70.5 Å². The van der Waals surface area contributed by atoms with Crippen molar-refractivity contribution in [3.8, 4) is 0 Å². The summed E-state index contributed by atoms with van der Waals surface area (Å²) in [5, 5.41) is 10.1. The minimum atomic E-state index is -0.669. The molecular formula is C17H14N2O3. The van der Waals surface area contributed by atoms with Crippen LogP contribution in [0.5, 0.6) is 0 Å². The number of amides is 2. The van der Waals surface area contributed by atoms with E-state index >= 15 is 0 Å². The standard InChI is InChI=1S/C17H14N2O3/c1-11-2-4-13(5-3-11)14-15(20)17(22)19(16(14)21)10-12-6-8-18-9-7-12/h2-9,20H,10H2,1H3. The van der Waals surface area contributed by atoms with Gasteiger partial charge >= 0.3 is 0 Å². The Morgan fingerprint density at radius 2 is 1.64 bits per heavy atom. The van der Waals surface area contributed by atoms with Gasteiger partial charge in [-0.3, -0.25) is 19.5 Å². The van der Waals surface area contributed by atoms with Crippen LogP contribution in [0.1, 0.15) is 16.7 Å². The number of rotatable bonds is 3. The second-order valence-corrected chi connectivity index (χ2v) is 5.14. The highest BCUT2D eigenvalue weighted by Crippen LogP contribution is 2.29. The van der Waals surface area contributed by atoms with E-state index in [1.165, 1.54) is 0 Å². The molecule has 2 aromatic rings. The predicted molar refractivity (Wildman–Crippen MR) is 80.5 cm³/mol. The molecule has 5 heteroatoms. The number of benzene rings is 1. The summed E-state index contributed by atoms with van der Waals surface area (Å²) in [6.07, 6.45) is 3.18. The molecule has 1 aromatic heterocycles. The fraction of sp³-hybridized carbons (Fsp3) is 0.118. The quantitative estimate of drug-likeness (QED) is 0.881. The van der Waals surface area contributed by atoms with Crippen molar-refractivity contribution in [2.45, 2.75) is 13.5 Å². The molecule has 0 saturated carbocycles. The van der Waals surface area contributed by atoms with Crippen LogP contribution >= 0.6 is 0 Å². The first-order valence-corrected chi connectivity index (χ1v) is 6.83. The van der Waals surface area contributed by atoms with Crippen molar-refractivity contribution in [2.24, 2.45) is 0 Å². The zero-order chi connectivity index (χ0) is 15.7. The van der Waals surface area contributed by atoms with Gasteiger partial charge in [0.1, 0.15) is 0 Å². The Bertz CT molecular complexity index is 764. The summed E-state index contributed by atoms with van der Waals surface area (Å²) in [5.41, 5.74) is 2.40. The van der Waals surface area contributed by atoms with E-state index in [1.54, 1.807) is 36.7 Å². The summed E-state index contributed by atoms with van der Waals surface area (Å²) in [6, 6.07) is 10.6. The van der Waals surface area contributed by atoms with E-state index in [9.17, 15) is 14.7 Å². The van der Waals surface area contributed by atoms with Gasteiger partial charge in [-0.1, -0.05) is 29.8 Å². The molecule has 0 saturated heterocycles. The number of pyridine rings is 1. The van der Waals surface area contributed by atoms with E-state index < -0.39 is 17.6 Å². The lowest BCUT2D eigenvalue weighted by molar-refractivity contribution is -0.138. The second-order valence-electron chi connectivity index (χ2n) is 5.14. The fourth-order valence-electron chi connectivity index (χ4n) is 2.36.